The van der Waals surface area contributed by atoms with Crippen LogP contribution in [0.5, 0.6) is 17.4 Å². The summed E-state index contributed by atoms with van der Waals surface area (Å²) in [5, 5.41) is 65.6. The van der Waals surface area contributed by atoms with Gasteiger partial charge in [-0.05, 0) is 62.4 Å². The van der Waals surface area contributed by atoms with Crippen LogP contribution >= 0.6 is 0 Å². The van der Waals surface area contributed by atoms with E-state index in [2.05, 4.69) is 35.6 Å². The van der Waals surface area contributed by atoms with Gasteiger partial charge < -0.3 is 25.0 Å². The van der Waals surface area contributed by atoms with Gasteiger partial charge in [0.05, 0.1) is 53.6 Å². The fourth-order valence-corrected chi connectivity index (χ4v) is 6.94. The topological polar surface area (TPSA) is 282 Å². The summed E-state index contributed by atoms with van der Waals surface area (Å²) in [5.41, 5.74) is 4.01. The Balaban J connectivity index is 0.000000250. The maximum absolute atomic E-state index is 12.7. The number of para-hydroxylation sites is 3. The van der Waals surface area contributed by atoms with Crippen LogP contribution in [0.1, 0.15) is 11.4 Å². The van der Waals surface area contributed by atoms with E-state index in [-0.39, 0.29) is 115 Å². The second kappa shape index (κ2) is 18.8. The zero-order valence-corrected chi connectivity index (χ0v) is 38.3. The number of imidazole rings is 1. The van der Waals surface area contributed by atoms with Crippen LogP contribution in [0.4, 0.5) is 22.7 Å². The predicted octanol–water partition coefficient (Wildman–Crippen LogP) is 0.792. The van der Waals surface area contributed by atoms with Crippen molar-refractivity contribution in [3.63, 3.8) is 0 Å². The standard InChI is InChI=1S/C20H16N4O5S.C16H13N6O3S.Cr.2Na/c1-12-18(20(26)24(23-12)13-7-3-2-4-8-13)21-22-19-15-10-6-5-9-14(15)17(11-16(19)25)30(27,28)29;1-9-15(16-18-11-4-2-3-5-13(11)22(16)21-9)20-19-12-8-10(26(17,24)25)6-7-14(12)23;;;/h2-11,25-26H,1H3,(H,27,28,29);2-8H,1H3,(H3-,17,18,19,20,21,23,24,25);;;/q;-1;+3;2*+1/p-3. The molecule has 0 saturated heterocycles. The molecule has 8 rings (SSSR count). The number of phenolic OH excluding ortho intramolecular Hbond substituents is 1. The number of H-pyrrole nitrogens is 1. The molecule has 0 fully saturated rings. The number of nitrogens with one attached hydrogen (secondary N) is 2. The van der Waals surface area contributed by atoms with Crippen molar-refractivity contribution in [2.24, 2.45) is 20.5 Å². The average molecular weight is 889 g/mol. The normalized spacial score (nSPS) is 11.7. The summed E-state index contributed by atoms with van der Waals surface area (Å²) in [6.07, 6.45) is 0. The summed E-state index contributed by atoms with van der Waals surface area (Å²) in [4.78, 5) is 3.62. The van der Waals surface area contributed by atoms with Crippen LogP contribution in [0.15, 0.2) is 133 Å². The van der Waals surface area contributed by atoms with Gasteiger partial charge in [-0.25, -0.2) is 31.0 Å². The molecule has 0 unspecified atom stereocenters. The van der Waals surface area contributed by atoms with Crippen molar-refractivity contribution >= 4 is 70.3 Å². The number of azo groups is 2. The van der Waals surface area contributed by atoms with Crippen LogP contribution in [-0.2, 0) is 37.5 Å². The SMILES string of the molecule is Cc1[nH]n2c(nc3ccccc32)c1N=Nc1cc(S([NH-])(=O)=O)ccc1O.Cc1nn(-c2ccccc2)c([O-])c1N=Nc1c([O-])cc(S(=O)(=O)[O-])c2ccccc12.[Cr+3].[Na+].[Na+]. The third kappa shape index (κ3) is 9.79. The predicted molar refractivity (Wildman–Crippen MR) is 199 cm³/mol. The molecule has 0 aliphatic rings. The molecule has 23 heteroatoms. The van der Waals surface area contributed by atoms with E-state index in [4.69, 9.17) is 5.14 Å². The monoisotopic (exact) mass is 888 g/mol. The Labute approximate surface area is 391 Å². The Kier molecular flexibility index (Phi) is 15.1. The first-order valence-electron chi connectivity index (χ1n) is 16.2. The molecule has 0 bridgehead atoms. The first-order chi connectivity index (χ1) is 26.6. The molecule has 0 atom stereocenters. The summed E-state index contributed by atoms with van der Waals surface area (Å²) in [6, 6.07) is 26.4. The summed E-state index contributed by atoms with van der Waals surface area (Å²) in [6.45, 7) is 3.39. The van der Waals surface area contributed by atoms with Gasteiger partial charge in [0.1, 0.15) is 27.2 Å². The van der Waals surface area contributed by atoms with Crippen molar-refractivity contribution in [1.82, 2.24) is 24.4 Å². The Morgan fingerprint density at radius 3 is 2.05 bits per heavy atom. The van der Waals surface area contributed by atoms with Crippen LogP contribution in [0, 0.1) is 13.8 Å². The average Bonchev–Trinajstić information content (AvgIpc) is 3.77. The Bertz CT molecular complexity index is 3120. The van der Waals surface area contributed by atoms with E-state index >= 15 is 0 Å². The van der Waals surface area contributed by atoms with E-state index in [1.54, 1.807) is 47.8 Å². The van der Waals surface area contributed by atoms with Gasteiger partial charge in [0.25, 0.3) is 0 Å². The zero-order valence-electron chi connectivity index (χ0n) is 31.4. The van der Waals surface area contributed by atoms with Crippen molar-refractivity contribution < 1.29 is 113 Å². The molecule has 1 radical (unpaired) electrons. The molecule has 3 aromatic heterocycles. The van der Waals surface area contributed by atoms with Crippen LogP contribution in [-0.4, -0.2) is 50.9 Å². The molecule has 0 spiro atoms. The molecule has 18 nitrogen and oxygen atoms in total. The van der Waals surface area contributed by atoms with Gasteiger partial charge in [0, 0.05) is 16.7 Å². The molecular formula is C36H26CrN10Na2O8S2+. The fraction of sp³-hybridized carbons (Fsp3) is 0.0556. The molecule has 59 heavy (non-hydrogen) atoms. The van der Waals surface area contributed by atoms with Gasteiger partial charge in [0.15, 0.2) is 11.3 Å². The third-order valence-electron chi connectivity index (χ3n) is 8.37. The number of aromatic amines is 1. The van der Waals surface area contributed by atoms with Gasteiger partial charge in [-0.15, -0.1) is 15.3 Å². The summed E-state index contributed by atoms with van der Waals surface area (Å²) in [5.74, 6) is -1.55. The molecule has 8 aromatic rings. The van der Waals surface area contributed by atoms with Gasteiger partial charge >= 0.3 is 76.5 Å². The van der Waals surface area contributed by atoms with Crippen molar-refractivity contribution in [2.75, 3.05) is 0 Å². The van der Waals surface area contributed by atoms with Gasteiger partial charge in [-0.2, -0.15) is 10.2 Å². The maximum atomic E-state index is 12.7. The number of aromatic hydroxyl groups is 1. The smallest absolute Gasteiger partial charge is 0.871 e. The third-order valence-corrected chi connectivity index (χ3v) is 10.1. The van der Waals surface area contributed by atoms with E-state index in [0.717, 1.165) is 29.2 Å². The van der Waals surface area contributed by atoms with Crippen LogP contribution in [0.2, 0.25) is 0 Å². The first kappa shape index (κ1) is 47.2. The second-order valence-electron chi connectivity index (χ2n) is 12.1. The van der Waals surface area contributed by atoms with Crippen molar-refractivity contribution in [1.29, 1.82) is 0 Å². The number of benzene rings is 5. The number of sulfonamides is 1. The largest absolute Gasteiger partial charge is 3.00 e. The van der Waals surface area contributed by atoms with Crippen LogP contribution < -0.4 is 69.3 Å². The number of fused-ring (bicyclic) bond motifs is 4. The molecule has 0 amide bonds. The molecule has 3 heterocycles. The molecule has 0 saturated carbocycles. The number of nitrogens with zero attached hydrogens (tertiary/aromatic N) is 8. The number of aryl methyl sites for hydroxylation is 2. The molecule has 0 aliphatic heterocycles. The van der Waals surface area contributed by atoms with Gasteiger partial charge in [0.2, 0.25) is 0 Å². The summed E-state index contributed by atoms with van der Waals surface area (Å²) in [7, 11) is -9.02. The van der Waals surface area contributed by atoms with E-state index in [0.29, 0.717) is 28.4 Å². The van der Waals surface area contributed by atoms with Gasteiger partial charge in [-0.1, -0.05) is 60.3 Å². The Morgan fingerprint density at radius 1 is 0.763 bits per heavy atom. The Morgan fingerprint density at radius 2 is 1.37 bits per heavy atom. The minimum absolute atomic E-state index is 0. The number of hydrogen-bond donors (Lipinski definition) is 2. The summed E-state index contributed by atoms with van der Waals surface area (Å²) >= 11 is 0. The molecule has 5 aromatic carbocycles. The number of hydrogen-bond acceptors (Lipinski definition) is 14. The first-order valence-corrected chi connectivity index (χ1v) is 19.1. The number of rotatable bonds is 7. The van der Waals surface area contributed by atoms with Crippen LogP contribution in [0.25, 0.3) is 38.3 Å². The van der Waals surface area contributed by atoms with Crippen molar-refractivity contribution in [3.05, 3.63) is 120 Å². The van der Waals surface area contributed by atoms with E-state index < -0.39 is 36.7 Å². The van der Waals surface area contributed by atoms with Crippen molar-refractivity contribution in [2.45, 2.75) is 23.6 Å². The maximum Gasteiger partial charge on any atom is 3.00 e. The molecule has 3 N–H and O–H groups in total. The van der Waals surface area contributed by atoms with Gasteiger partial charge in [-0.3, -0.25) is 5.10 Å². The quantitative estimate of drug-likeness (QED) is 0.129. The minimum atomic E-state index is -4.86. The minimum Gasteiger partial charge on any atom is -0.871 e. The second-order valence-corrected chi connectivity index (χ2v) is 14.9. The van der Waals surface area contributed by atoms with E-state index in [9.17, 15) is 36.7 Å². The molecule has 0 aliphatic carbocycles. The number of aromatic nitrogens is 5. The fourth-order valence-electron chi connectivity index (χ4n) is 5.73. The van der Waals surface area contributed by atoms with E-state index in [1.165, 1.54) is 28.9 Å². The zero-order chi connectivity index (χ0) is 39.9. The summed E-state index contributed by atoms with van der Waals surface area (Å²) < 4.78 is 60.2. The molecular weight excluding hydrogens is 863 g/mol. The Hall–Kier alpha value is -4.47. The van der Waals surface area contributed by atoms with E-state index in [1.807, 2.05) is 31.2 Å². The molecule has 287 valence electrons. The number of phenols is 1. The van der Waals surface area contributed by atoms with Crippen molar-refractivity contribution in [3.8, 4) is 23.1 Å². The van der Waals surface area contributed by atoms with Crippen LogP contribution in [0.3, 0.4) is 0 Å².